The average Bonchev–Trinajstić information content (AvgIpc) is 3.36. The highest BCUT2D eigenvalue weighted by atomic mass is 32.1. The van der Waals surface area contributed by atoms with E-state index in [0.29, 0.717) is 11.4 Å². The van der Waals surface area contributed by atoms with Gasteiger partial charge < -0.3 is 19.7 Å². The highest BCUT2D eigenvalue weighted by molar-refractivity contribution is 7.09. The molecular weight excluding hydrogens is 468 g/mol. The molecule has 0 aliphatic carbocycles. The number of likely N-dealkylation sites (N-methyl/N-ethyl adjacent to an activating group) is 1. The normalized spacial score (nSPS) is 25.2. The first-order valence-electron chi connectivity index (χ1n) is 12.6. The Morgan fingerprint density at radius 1 is 1.29 bits per heavy atom. The lowest BCUT2D eigenvalue weighted by molar-refractivity contribution is -0.162. The third-order valence-corrected chi connectivity index (χ3v) is 8.30. The van der Waals surface area contributed by atoms with Crippen LogP contribution in [0.3, 0.4) is 0 Å². The lowest BCUT2D eigenvalue weighted by Crippen LogP contribution is -2.60. The second kappa shape index (κ2) is 12.3. The number of carbonyl (C=O) groups excluding carboxylic acids is 3. The molecule has 0 aromatic carbocycles. The topological polar surface area (TPSA) is 101 Å². The summed E-state index contributed by atoms with van der Waals surface area (Å²) in [6.45, 7) is 9.23. The number of nitrogens with one attached hydrogen (secondary N) is 1. The standard InChI is InChI=1S/C25H40N4O5S/c1-7-16(4)21(27-22(30)18-10-8-9-11-28(18)5)24(31)29-14-34-20(12-19(29)15(2)3)23-26-17(13-35-23)25(32)33-6/h13,15-16,18-21H,7-12,14H2,1-6H3,(H,27,30)/t16-,18+,19+,20+,21-/m0/s1. The molecule has 1 aromatic rings. The van der Waals surface area contributed by atoms with Crippen LogP contribution in [0.5, 0.6) is 0 Å². The second-order valence-corrected chi connectivity index (χ2v) is 11.0. The highest BCUT2D eigenvalue weighted by Crippen LogP contribution is 2.35. The fourth-order valence-electron chi connectivity index (χ4n) is 4.86. The molecule has 2 aliphatic heterocycles. The second-order valence-electron chi connectivity index (χ2n) is 10.1. The van der Waals surface area contributed by atoms with Crippen LogP contribution in [0.2, 0.25) is 0 Å². The molecule has 1 N–H and O–H groups in total. The van der Waals surface area contributed by atoms with Crippen molar-refractivity contribution < 1.29 is 23.9 Å². The van der Waals surface area contributed by atoms with Gasteiger partial charge in [-0.15, -0.1) is 11.3 Å². The number of nitrogens with zero attached hydrogens (tertiary/aromatic N) is 3. The van der Waals surface area contributed by atoms with Gasteiger partial charge in [0.25, 0.3) is 0 Å². The summed E-state index contributed by atoms with van der Waals surface area (Å²) in [6.07, 6.45) is 3.98. The number of hydrogen-bond donors (Lipinski definition) is 1. The van der Waals surface area contributed by atoms with Gasteiger partial charge in [0.2, 0.25) is 11.8 Å². The molecule has 3 rings (SSSR count). The maximum absolute atomic E-state index is 13.8. The molecule has 0 unspecified atom stereocenters. The Morgan fingerprint density at radius 3 is 2.66 bits per heavy atom. The largest absolute Gasteiger partial charge is 0.464 e. The van der Waals surface area contributed by atoms with Gasteiger partial charge in [-0.1, -0.05) is 40.5 Å². The summed E-state index contributed by atoms with van der Waals surface area (Å²) < 4.78 is 10.8. The summed E-state index contributed by atoms with van der Waals surface area (Å²) in [4.78, 5) is 47.1. The van der Waals surface area contributed by atoms with Crippen molar-refractivity contribution in [1.29, 1.82) is 0 Å². The summed E-state index contributed by atoms with van der Waals surface area (Å²) in [5, 5.41) is 5.47. The molecule has 10 heteroatoms. The molecular formula is C25H40N4O5S. The van der Waals surface area contributed by atoms with Crippen molar-refractivity contribution in [1.82, 2.24) is 20.1 Å². The fourth-order valence-corrected chi connectivity index (χ4v) is 5.71. The Labute approximate surface area is 212 Å². The molecule has 0 saturated carbocycles. The van der Waals surface area contributed by atoms with E-state index < -0.39 is 12.0 Å². The molecule has 0 bridgehead atoms. The average molecular weight is 509 g/mol. The van der Waals surface area contributed by atoms with Gasteiger partial charge in [0.1, 0.15) is 23.9 Å². The maximum Gasteiger partial charge on any atom is 0.357 e. The zero-order valence-corrected chi connectivity index (χ0v) is 22.6. The number of methoxy groups -OCH3 is 1. The number of aromatic nitrogens is 1. The predicted octanol–water partition coefficient (Wildman–Crippen LogP) is 3.22. The molecule has 0 spiro atoms. The third-order valence-electron chi connectivity index (χ3n) is 7.37. The van der Waals surface area contributed by atoms with Gasteiger partial charge in [0.05, 0.1) is 13.2 Å². The Morgan fingerprint density at radius 2 is 2.03 bits per heavy atom. The number of thiazole rings is 1. The van der Waals surface area contributed by atoms with Crippen molar-refractivity contribution in [2.45, 2.75) is 84.0 Å². The van der Waals surface area contributed by atoms with Gasteiger partial charge >= 0.3 is 5.97 Å². The number of ether oxygens (including phenoxy) is 2. The van der Waals surface area contributed by atoms with Gasteiger partial charge in [0.15, 0.2) is 5.69 Å². The van der Waals surface area contributed by atoms with E-state index in [4.69, 9.17) is 9.47 Å². The number of hydrogen-bond acceptors (Lipinski definition) is 8. The summed E-state index contributed by atoms with van der Waals surface area (Å²) in [5.41, 5.74) is 0.267. The summed E-state index contributed by atoms with van der Waals surface area (Å²) in [5.74, 6) is -0.467. The molecule has 2 fully saturated rings. The van der Waals surface area contributed by atoms with Crippen LogP contribution in [-0.2, 0) is 19.1 Å². The van der Waals surface area contributed by atoms with Gasteiger partial charge in [0, 0.05) is 17.8 Å². The van der Waals surface area contributed by atoms with Crippen molar-refractivity contribution in [2.75, 3.05) is 27.4 Å². The quantitative estimate of drug-likeness (QED) is 0.538. The minimum absolute atomic E-state index is 0.00698. The van der Waals surface area contributed by atoms with Crippen LogP contribution in [0.15, 0.2) is 5.38 Å². The van der Waals surface area contributed by atoms with Gasteiger partial charge in [-0.3, -0.25) is 14.5 Å². The summed E-state index contributed by atoms with van der Waals surface area (Å²) in [6, 6.07) is -0.873. The third kappa shape index (κ3) is 6.40. The van der Waals surface area contributed by atoms with E-state index in [1.54, 1.807) is 10.3 Å². The van der Waals surface area contributed by atoms with Crippen LogP contribution in [0.25, 0.3) is 0 Å². The Hall–Kier alpha value is -2.04. The molecule has 0 radical (unpaired) electrons. The molecule has 9 nitrogen and oxygen atoms in total. The van der Waals surface area contributed by atoms with Crippen molar-refractivity contribution in [3.05, 3.63) is 16.1 Å². The lowest BCUT2D eigenvalue weighted by Gasteiger charge is -2.43. The number of piperidine rings is 1. The molecule has 3 heterocycles. The summed E-state index contributed by atoms with van der Waals surface area (Å²) in [7, 11) is 3.30. The number of carbonyl (C=O) groups is 3. The van der Waals surface area contributed by atoms with Gasteiger partial charge in [-0.05, 0) is 38.3 Å². The molecule has 1 aromatic heterocycles. The van der Waals surface area contributed by atoms with E-state index in [1.165, 1.54) is 18.4 Å². The number of rotatable bonds is 8. The van der Waals surface area contributed by atoms with Crippen LogP contribution in [0.1, 0.15) is 81.4 Å². The van der Waals surface area contributed by atoms with E-state index in [2.05, 4.69) is 29.0 Å². The molecule has 196 valence electrons. The number of amides is 2. The van der Waals surface area contributed by atoms with Gasteiger partial charge in [-0.2, -0.15) is 0 Å². The van der Waals surface area contributed by atoms with E-state index in [-0.39, 0.29) is 54.3 Å². The lowest BCUT2D eigenvalue weighted by atomic mass is 9.91. The Balaban J connectivity index is 1.75. The van der Waals surface area contributed by atoms with E-state index in [1.807, 2.05) is 20.9 Å². The van der Waals surface area contributed by atoms with Crippen LogP contribution in [0, 0.1) is 11.8 Å². The van der Waals surface area contributed by atoms with E-state index in [9.17, 15) is 14.4 Å². The van der Waals surface area contributed by atoms with Crippen LogP contribution in [-0.4, -0.2) is 78.1 Å². The monoisotopic (exact) mass is 508 g/mol. The maximum atomic E-state index is 13.8. The minimum atomic E-state index is -0.602. The predicted molar refractivity (Wildman–Crippen MR) is 134 cm³/mol. The Bertz CT molecular complexity index is 891. The molecule has 2 amide bonds. The van der Waals surface area contributed by atoms with Gasteiger partial charge in [-0.25, -0.2) is 9.78 Å². The SMILES string of the molecule is CC[C@H](C)[C@H](NC(=O)[C@H]1CCCCN1C)C(=O)N1CO[C@@H](c2nc(C(=O)OC)cs2)C[C@@H]1C(C)C. The Kier molecular flexibility index (Phi) is 9.66. The fraction of sp³-hybridized carbons (Fsp3) is 0.760. The zero-order chi connectivity index (χ0) is 25.7. The minimum Gasteiger partial charge on any atom is -0.464 e. The van der Waals surface area contributed by atoms with Crippen molar-refractivity contribution >= 4 is 29.1 Å². The van der Waals surface area contributed by atoms with Crippen molar-refractivity contribution in [2.24, 2.45) is 11.8 Å². The first kappa shape index (κ1) is 27.5. The first-order valence-corrected chi connectivity index (χ1v) is 13.5. The molecule has 35 heavy (non-hydrogen) atoms. The van der Waals surface area contributed by atoms with Crippen LogP contribution in [0.4, 0.5) is 0 Å². The van der Waals surface area contributed by atoms with E-state index in [0.717, 1.165) is 32.2 Å². The zero-order valence-electron chi connectivity index (χ0n) is 21.8. The molecule has 2 saturated heterocycles. The van der Waals surface area contributed by atoms with E-state index >= 15 is 0 Å². The highest BCUT2D eigenvalue weighted by Gasteiger charge is 2.41. The molecule has 2 aliphatic rings. The molecule has 5 atom stereocenters. The number of esters is 1. The van der Waals surface area contributed by atoms with Crippen LogP contribution >= 0.6 is 11.3 Å². The van der Waals surface area contributed by atoms with Crippen molar-refractivity contribution in [3.8, 4) is 0 Å². The first-order chi connectivity index (χ1) is 16.7. The smallest absolute Gasteiger partial charge is 0.357 e. The van der Waals surface area contributed by atoms with Crippen LogP contribution < -0.4 is 5.32 Å². The van der Waals surface area contributed by atoms with Crippen molar-refractivity contribution in [3.63, 3.8) is 0 Å². The number of likely N-dealkylation sites (tertiary alicyclic amines) is 1. The summed E-state index contributed by atoms with van der Waals surface area (Å²) >= 11 is 1.36.